The average Bonchev–Trinajstić information content (AvgIpc) is 2.45. The fourth-order valence-corrected chi connectivity index (χ4v) is 3.39. The first-order valence-corrected chi connectivity index (χ1v) is 8.18. The van der Waals surface area contributed by atoms with Gasteiger partial charge in [0, 0.05) is 11.6 Å². The second-order valence-corrected chi connectivity index (χ2v) is 6.50. The predicted molar refractivity (Wildman–Crippen MR) is 83.6 cm³/mol. The van der Waals surface area contributed by atoms with Crippen molar-refractivity contribution in [2.75, 3.05) is 6.54 Å². The summed E-state index contributed by atoms with van der Waals surface area (Å²) in [6, 6.07) is 5.46. The average molecular weight is 298 g/mol. The Labute approximate surface area is 126 Å². The van der Waals surface area contributed by atoms with Crippen molar-refractivity contribution in [1.29, 1.82) is 0 Å². The van der Waals surface area contributed by atoms with Crippen LogP contribution in [0.25, 0.3) is 0 Å². The fraction of sp³-hybridized carbons (Fsp3) is 0.647. The number of hydrogen-bond acceptors (Lipinski definition) is 1. The molecule has 1 aromatic carbocycles. The molecule has 0 saturated heterocycles. The van der Waals surface area contributed by atoms with Crippen LogP contribution in [0.5, 0.6) is 0 Å². The molecule has 0 spiro atoms. The van der Waals surface area contributed by atoms with Crippen molar-refractivity contribution in [2.45, 2.75) is 52.0 Å². The summed E-state index contributed by atoms with van der Waals surface area (Å²) in [7, 11) is 0. The molecule has 0 bridgehead atoms. The van der Waals surface area contributed by atoms with Crippen molar-refractivity contribution in [1.82, 2.24) is 5.32 Å². The van der Waals surface area contributed by atoms with E-state index in [0.717, 1.165) is 24.4 Å². The summed E-state index contributed by atoms with van der Waals surface area (Å²) >= 11 is 5.95. The summed E-state index contributed by atoms with van der Waals surface area (Å²) in [6.07, 6.45) is 5.90. The van der Waals surface area contributed by atoms with E-state index in [4.69, 9.17) is 11.6 Å². The highest BCUT2D eigenvalue weighted by atomic mass is 35.5. The number of halogens is 2. The monoisotopic (exact) mass is 297 g/mol. The van der Waals surface area contributed by atoms with Gasteiger partial charge in [0.1, 0.15) is 5.82 Å². The zero-order chi connectivity index (χ0) is 14.5. The maximum atomic E-state index is 14.3. The van der Waals surface area contributed by atoms with E-state index in [9.17, 15) is 4.39 Å². The van der Waals surface area contributed by atoms with E-state index in [1.165, 1.54) is 25.7 Å². The normalized spacial score (nSPS) is 24.6. The first kappa shape index (κ1) is 15.8. The molecule has 1 atom stereocenters. The Hall–Kier alpha value is -0.600. The van der Waals surface area contributed by atoms with Gasteiger partial charge in [0.2, 0.25) is 0 Å². The van der Waals surface area contributed by atoms with Crippen molar-refractivity contribution in [2.24, 2.45) is 11.8 Å². The summed E-state index contributed by atoms with van der Waals surface area (Å²) in [5.41, 5.74) is 0.741. The molecule has 0 aromatic heterocycles. The molecule has 1 unspecified atom stereocenters. The Morgan fingerprint density at radius 3 is 2.65 bits per heavy atom. The van der Waals surface area contributed by atoms with Crippen LogP contribution in [0.2, 0.25) is 5.02 Å². The smallest absolute Gasteiger partial charge is 0.146 e. The third kappa shape index (κ3) is 3.73. The van der Waals surface area contributed by atoms with Crippen LogP contribution in [0.4, 0.5) is 4.39 Å². The number of rotatable bonds is 5. The predicted octanol–water partition coefficient (Wildman–Crippen LogP) is 5.35. The van der Waals surface area contributed by atoms with E-state index in [0.29, 0.717) is 5.92 Å². The minimum atomic E-state index is -0.249. The van der Waals surface area contributed by atoms with Gasteiger partial charge in [-0.05, 0) is 43.7 Å². The van der Waals surface area contributed by atoms with Crippen LogP contribution in [0.3, 0.4) is 0 Å². The molecular weight excluding hydrogens is 273 g/mol. The zero-order valence-electron chi connectivity index (χ0n) is 12.5. The molecule has 2 rings (SSSR count). The van der Waals surface area contributed by atoms with Crippen LogP contribution in [-0.4, -0.2) is 6.54 Å². The Morgan fingerprint density at radius 1 is 1.30 bits per heavy atom. The summed E-state index contributed by atoms with van der Waals surface area (Å²) in [5, 5.41) is 3.77. The molecule has 20 heavy (non-hydrogen) atoms. The molecule has 1 aromatic rings. The molecule has 1 saturated carbocycles. The molecule has 3 heteroatoms. The fourth-order valence-electron chi connectivity index (χ4n) is 3.21. The first-order chi connectivity index (χ1) is 9.63. The second-order valence-electron chi connectivity index (χ2n) is 6.09. The van der Waals surface area contributed by atoms with Crippen LogP contribution in [0, 0.1) is 17.7 Å². The van der Waals surface area contributed by atoms with Crippen LogP contribution >= 0.6 is 11.6 Å². The van der Waals surface area contributed by atoms with E-state index < -0.39 is 0 Å². The lowest BCUT2D eigenvalue weighted by atomic mass is 9.77. The Kier molecular flexibility index (Phi) is 5.86. The third-order valence-corrected chi connectivity index (χ3v) is 4.75. The molecule has 0 amide bonds. The summed E-state index contributed by atoms with van der Waals surface area (Å²) in [6.45, 7) is 5.37. The lowest BCUT2D eigenvalue weighted by Gasteiger charge is -2.34. The van der Waals surface area contributed by atoms with E-state index in [1.807, 2.05) is 12.1 Å². The van der Waals surface area contributed by atoms with Gasteiger partial charge < -0.3 is 5.32 Å². The largest absolute Gasteiger partial charge is 0.310 e. The lowest BCUT2D eigenvalue weighted by Crippen LogP contribution is -2.32. The molecule has 1 aliphatic rings. The highest BCUT2D eigenvalue weighted by molar-refractivity contribution is 6.30. The minimum absolute atomic E-state index is 0.0983. The van der Waals surface area contributed by atoms with Gasteiger partial charge in [-0.1, -0.05) is 50.4 Å². The minimum Gasteiger partial charge on any atom is -0.310 e. The van der Waals surface area contributed by atoms with Crippen molar-refractivity contribution < 1.29 is 4.39 Å². The maximum absolute atomic E-state index is 14.3. The third-order valence-electron chi connectivity index (χ3n) is 4.46. The molecule has 1 aliphatic carbocycles. The lowest BCUT2D eigenvalue weighted by molar-refractivity contribution is 0.228. The molecule has 0 radical (unpaired) electrons. The van der Waals surface area contributed by atoms with Gasteiger partial charge in [0.25, 0.3) is 0 Å². The molecule has 1 nitrogen and oxygen atoms in total. The van der Waals surface area contributed by atoms with E-state index in [2.05, 4.69) is 19.2 Å². The van der Waals surface area contributed by atoms with Crippen LogP contribution in [0.15, 0.2) is 18.2 Å². The number of benzene rings is 1. The first-order valence-electron chi connectivity index (χ1n) is 7.80. The molecule has 0 heterocycles. The van der Waals surface area contributed by atoms with Gasteiger partial charge in [-0.3, -0.25) is 0 Å². The molecule has 112 valence electrons. The zero-order valence-corrected chi connectivity index (χ0v) is 13.2. The van der Waals surface area contributed by atoms with E-state index in [-0.39, 0.29) is 16.9 Å². The molecule has 1 fully saturated rings. The van der Waals surface area contributed by atoms with E-state index in [1.54, 1.807) is 6.07 Å². The van der Waals surface area contributed by atoms with Gasteiger partial charge in [-0.15, -0.1) is 0 Å². The highest BCUT2D eigenvalue weighted by Gasteiger charge is 2.29. The summed E-state index contributed by atoms with van der Waals surface area (Å²) in [4.78, 5) is 0. The van der Waals surface area contributed by atoms with Crippen molar-refractivity contribution >= 4 is 11.6 Å². The SMILES string of the molecule is CCCNC(c1cccc(Cl)c1F)C1CCC(C)CC1. The van der Waals surface area contributed by atoms with Crippen LogP contribution in [-0.2, 0) is 0 Å². The van der Waals surface area contributed by atoms with Crippen LogP contribution < -0.4 is 5.32 Å². The van der Waals surface area contributed by atoms with Gasteiger partial charge >= 0.3 is 0 Å². The molecular formula is C17H25ClFN. The quantitative estimate of drug-likeness (QED) is 0.773. The molecule has 0 aliphatic heterocycles. The number of nitrogens with one attached hydrogen (secondary N) is 1. The number of hydrogen-bond donors (Lipinski definition) is 1. The Bertz CT molecular complexity index is 427. The Morgan fingerprint density at radius 2 is 2.00 bits per heavy atom. The molecule has 1 N–H and O–H groups in total. The topological polar surface area (TPSA) is 12.0 Å². The maximum Gasteiger partial charge on any atom is 0.146 e. The van der Waals surface area contributed by atoms with Gasteiger partial charge in [-0.25, -0.2) is 4.39 Å². The van der Waals surface area contributed by atoms with Crippen molar-refractivity contribution in [3.05, 3.63) is 34.6 Å². The summed E-state index contributed by atoms with van der Waals surface area (Å²) < 4.78 is 14.3. The van der Waals surface area contributed by atoms with Crippen molar-refractivity contribution in [3.8, 4) is 0 Å². The van der Waals surface area contributed by atoms with Gasteiger partial charge in [0.05, 0.1) is 5.02 Å². The van der Waals surface area contributed by atoms with Crippen molar-refractivity contribution in [3.63, 3.8) is 0 Å². The van der Waals surface area contributed by atoms with Crippen LogP contribution in [0.1, 0.15) is 57.6 Å². The standard InChI is InChI=1S/C17H25ClFN/c1-3-11-20-17(13-9-7-12(2)8-10-13)14-5-4-6-15(18)16(14)19/h4-6,12-13,17,20H,3,7-11H2,1-2H3. The van der Waals surface area contributed by atoms with Gasteiger partial charge in [0.15, 0.2) is 0 Å². The Balaban J connectivity index is 2.20. The highest BCUT2D eigenvalue weighted by Crippen LogP contribution is 2.38. The van der Waals surface area contributed by atoms with Gasteiger partial charge in [-0.2, -0.15) is 0 Å². The summed E-state index contributed by atoms with van der Waals surface area (Å²) in [5.74, 6) is 1.08. The van der Waals surface area contributed by atoms with E-state index >= 15 is 0 Å². The second kappa shape index (κ2) is 7.42.